The van der Waals surface area contributed by atoms with Crippen LogP contribution in [-0.2, 0) is 12.2 Å². The van der Waals surface area contributed by atoms with Crippen molar-refractivity contribution in [2.24, 2.45) is 0 Å². The molecule has 2 aromatic rings. The van der Waals surface area contributed by atoms with E-state index in [1.165, 1.54) is 18.1 Å². The Morgan fingerprint density at radius 2 is 2.28 bits per heavy atom. The lowest BCUT2D eigenvalue weighted by atomic mass is 10.0. The quantitative estimate of drug-likeness (QED) is 0.862. The van der Waals surface area contributed by atoms with Crippen molar-refractivity contribution in [2.75, 3.05) is 29.1 Å². The Labute approximate surface area is 150 Å². The van der Waals surface area contributed by atoms with Crippen LogP contribution in [0.15, 0.2) is 23.0 Å². The van der Waals surface area contributed by atoms with Crippen molar-refractivity contribution < 1.29 is 0 Å². The number of hydrogen-bond donors (Lipinski definition) is 2. The number of piperidine rings is 1. The van der Waals surface area contributed by atoms with Gasteiger partial charge in [0.2, 0.25) is 0 Å². The predicted octanol–water partition coefficient (Wildman–Crippen LogP) is 1.82. The Bertz CT molecular complexity index is 774. The van der Waals surface area contributed by atoms with Gasteiger partial charge in [-0.25, -0.2) is 5.10 Å². The molecule has 1 atom stereocenters. The van der Waals surface area contributed by atoms with Crippen LogP contribution in [0, 0.1) is 0 Å². The minimum Gasteiger partial charge on any atom is -0.367 e. The Morgan fingerprint density at radius 1 is 1.32 bits per heavy atom. The van der Waals surface area contributed by atoms with E-state index in [2.05, 4.69) is 36.7 Å². The summed E-state index contributed by atoms with van der Waals surface area (Å²) in [5, 5.41) is 18.9. The molecule has 0 aromatic carbocycles. The van der Waals surface area contributed by atoms with Crippen molar-refractivity contribution in [3.8, 4) is 0 Å². The molecule has 0 saturated carbocycles. The fourth-order valence-electron chi connectivity index (χ4n) is 3.46. The predicted molar refractivity (Wildman–Crippen MR) is 100 cm³/mol. The summed E-state index contributed by atoms with van der Waals surface area (Å²) in [6.45, 7) is 1.75. The van der Waals surface area contributed by atoms with Gasteiger partial charge in [-0.1, -0.05) is 0 Å². The number of anilines is 2. The summed E-state index contributed by atoms with van der Waals surface area (Å²) >= 11 is 1.95. The zero-order valence-electron chi connectivity index (χ0n) is 14.1. The molecule has 1 saturated heterocycles. The molecular formula is C17H22N6OS. The molecule has 8 heteroatoms. The van der Waals surface area contributed by atoms with Crippen LogP contribution >= 0.6 is 11.8 Å². The van der Waals surface area contributed by atoms with Crippen LogP contribution in [0.3, 0.4) is 0 Å². The number of aromatic nitrogens is 4. The Balaban J connectivity index is 1.45. The first-order chi connectivity index (χ1) is 12.3. The Hall–Kier alpha value is -2.09. The molecular weight excluding hydrogens is 336 g/mol. The van der Waals surface area contributed by atoms with Crippen molar-refractivity contribution in [1.29, 1.82) is 0 Å². The molecule has 4 heterocycles. The molecule has 0 amide bonds. The van der Waals surface area contributed by atoms with Crippen LogP contribution in [0.25, 0.3) is 0 Å². The number of thioether (sulfide) groups is 1. The van der Waals surface area contributed by atoms with E-state index in [9.17, 15) is 4.79 Å². The Kier molecular flexibility index (Phi) is 4.87. The monoisotopic (exact) mass is 358 g/mol. The van der Waals surface area contributed by atoms with Gasteiger partial charge in [0.25, 0.3) is 5.56 Å². The highest BCUT2D eigenvalue weighted by Gasteiger charge is 2.24. The van der Waals surface area contributed by atoms with Crippen molar-refractivity contribution in [2.45, 2.75) is 37.5 Å². The second kappa shape index (κ2) is 7.43. The van der Waals surface area contributed by atoms with Gasteiger partial charge >= 0.3 is 0 Å². The van der Waals surface area contributed by atoms with Crippen molar-refractivity contribution in [3.05, 3.63) is 39.8 Å². The first kappa shape index (κ1) is 16.4. The topological polar surface area (TPSA) is 86.8 Å². The zero-order chi connectivity index (χ0) is 17.1. The lowest BCUT2D eigenvalue weighted by Crippen LogP contribution is -2.44. The first-order valence-corrected chi connectivity index (χ1v) is 9.94. The summed E-state index contributed by atoms with van der Waals surface area (Å²) < 4.78 is 0. The molecule has 4 rings (SSSR count). The van der Waals surface area contributed by atoms with E-state index in [0.29, 0.717) is 6.04 Å². The molecule has 1 unspecified atom stereocenters. The second-order valence-corrected chi connectivity index (χ2v) is 7.61. The number of rotatable bonds is 4. The molecule has 132 valence electrons. The maximum Gasteiger partial charge on any atom is 0.264 e. The van der Waals surface area contributed by atoms with Crippen LogP contribution in [0.5, 0.6) is 0 Å². The largest absolute Gasteiger partial charge is 0.367 e. The maximum atomic E-state index is 11.2. The van der Waals surface area contributed by atoms with E-state index < -0.39 is 0 Å². The number of hydrogen-bond acceptors (Lipinski definition) is 7. The normalized spacial score (nSPS) is 20.2. The molecule has 1 fully saturated rings. The molecule has 2 N–H and O–H groups in total. The lowest BCUT2D eigenvalue weighted by Gasteiger charge is -2.36. The van der Waals surface area contributed by atoms with Crippen LogP contribution in [-0.4, -0.2) is 45.3 Å². The van der Waals surface area contributed by atoms with Gasteiger partial charge in [0.05, 0.1) is 5.69 Å². The van der Waals surface area contributed by atoms with Crippen LogP contribution in [0.4, 0.5) is 11.6 Å². The molecule has 0 radical (unpaired) electrons. The maximum absolute atomic E-state index is 11.2. The molecule has 2 aromatic heterocycles. The number of aromatic amines is 1. The molecule has 2 aliphatic rings. The van der Waals surface area contributed by atoms with Crippen molar-refractivity contribution in [1.82, 2.24) is 20.4 Å². The van der Waals surface area contributed by atoms with Crippen LogP contribution in [0.2, 0.25) is 0 Å². The summed E-state index contributed by atoms with van der Waals surface area (Å²) in [4.78, 5) is 13.5. The van der Waals surface area contributed by atoms with Gasteiger partial charge in [-0.2, -0.15) is 22.0 Å². The van der Waals surface area contributed by atoms with E-state index in [0.717, 1.165) is 61.2 Å². The number of H-pyrrole nitrogens is 1. The molecule has 0 aliphatic carbocycles. The molecule has 7 nitrogen and oxygen atoms in total. The van der Waals surface area contributed by atoms with Crippen LogP contribution < -0.4 is 15.8 Å². The summed E-state index contributed by atoms with van der Waals surface area (Å²) in [7, 11) is 0. The number of fused-ring (bicyclic) bond motifs is 1. The van der Waals surface area contributed by atoms with E-state index in [1.54, 1.807) is 6.07 Å². The lowest BCUT2D eigenvalue weighted by molar-refractivity contribution is 0.467. The molecule has 25 heavy (non-hydrogen) atoms. The van der Waals surface area contributed by atoms with Gasteiger partial charge < -0.3 is 10.2 Å². The van der Waals surface area contributed by atoms with Crippen LogP contribution in [0.1, 0.15) is 30.5 Å². The minimum absolute atomic E-state index is 0.169. The van der Waals surface area contributed by atoms with Crippen molar-refractivity contribution >= 4 is 23.4 Å². The van der Waals surface area contributed by atoms with E-state index in [4.69, 9.17) is 0 Å². The third kappa shape index (κ3) is 3.78. The smallest absolute Gasteiger partial charge is 0.264 e. The average Bonchev–Trinajstić information content (AvgIpc) is 2.67. The van der Waals surface area contributed by atoms with Gasteiger partial charge in [-0.15, -0.1) is 5.10 Å². The highest BCUT2D eigenvalue weighted by Crippen LogP contribution is 2.25. The van der Waals surface area contributed by atoms with Gasteiger partial charge in [0.15, 0.2) is 0 Å². The second-order valence-electron chi connectivity index (χ2n) is 6.51. The number of aryl methyl sites for hydroxylation is 1. The van der Waals surface area contributed by atoms with E-state index in [1.807, 2.05) is 11.8 Å². The fraction of sp³-hybridized carbons (Fsp3) is 0.529. The molecule has 0 spiro atoms. The Morgan fingerprint density at radius 3 is 3.16 bits per heavy atom. The fourth-order valence-corrected chi connectivity index (χ4v) is 4.41. The van der Waals surface area contributed by atoms with E-state index in [-0.39, 0.29) is 5.56 Å². The average molecular weight is 358 g/mol. The highest BCUT2D eigenvalue weighted by atomic mass is 32.2. The summed E-state index contributed by atoms with van der Waals surface area (Å²) in [5.74, 6) is 3.84. The number of nitrogens with zero attached hydrogens (tertiary/aromatic N) is 4. The SMILES string of the molecule is O=c1ccc(N2CCCCC2CNc2cc3c(nn2)CCSC3)n[nH]1. The van der Waals surface area contributed by atoms with Gasteiger partial charge in [0.1, 0.15) is 11.6 Å². The molecule has 0 bridgehead atoms. The standard InChI is InChI=1S/C17H22N6OS/c24-17-5-4-16(21-22-17)23-7-2-1-3-13(23)10-18-15-9-12-11-25-8-6-14(12)19-20-15/h4-5,9,13H,1-3,6-8,10-11H2,(H,18,20)(H,22,24). The first-order valence-electron chi connectivity index (χ1n) is 8.79. The summed E-state index contributed by atoms with van der Waals surface area (Å²) in [6, 6.07) is 5.81. The van der Waals surface area contributed by atoms with E-state index >= 15 is 0 Å². The van der Waals surface area contributed by atoms with Gasteiger partial charge in [0, 0.05) is 37.4 Å². The third-order valence-electron chi connectivity index (χ3n) is 4.81. The summed E-state index contributed by atoms with van der Waals surface area (Å²) in [5.41, 5.74) is 2.27. The van der Waals surface area contributed by atoms with Crippen molar-refractivity contribution in [3.63, 3.8) is 0 Å². The minimum atomic E-state index is -0.169. The highest BCUT2D eigenvalue weighted by molar-refractivity contribution is 7.98. The number of nitrogens with one attached hydrogen (secondary N) is 2. The third-order valence-corrected chi connectivity index (χ3v) is 5.81. The van der Waals surface area contributed by atoms with Gasteiger partial charge in [-0.05, 0) is 42.7 Å². The van der Waals surface area contributed by atoms with Gasteiger partial charge in [-0.3, -0.25) is 4.79 Å². The molecule has 2 aliphatic heterocycles. The zero-order valence-corrected chi connectivity index (χ0v) is 14.9. The summed E-state index contributed by atoms with van der Waals surface area (Å²) in [6.07, 6.45) is 4.47.